The van der Waals surface area contributed by atoms with Gasteiger partial charge in [-0.25, -0.2) is 4.98 Å². The van der Waals surface area contributed by atoms with E-state index in [0.29, 0.717) is 10.7 Å². The van der Waals surface area contributed by atoms with Gasteiger partial charge in [-0.05, 0) is 6.07 Å². The molecule has 0 aliphatic rings. The van der Waals surface area contributed by atoms with Crippen LogP contribution in [0.25, 0.3) is 11.3 Å². The molecule has 0 radical (unpaired) electrons. The smallest absolute Gasteiger partial charge is 0.325 e. The van der Waals surface area contributed by atoms with Crippen molar-refractivity contribution >= 4 is 11.3 Å². The van der Waals surface area contributed by atoms with Gasteiger partial charge in [-0.2, -0.15) is 13.2 Å². The number of thiazole rings is 1. The van der Waals surface area contributed by atoms with Crippen LogP contribution in [0.5, 0.6) is 0 Å². The fraction of sp³-hybridized carbons (Fsp3) is 0.182. The molecule has 1 heterocycles. The summed E-state index contributed by atoms with van der Waals surface area (Å²) in [6.07, 6.45) is -4.37. The molecule has 1 aromatic carbocycles. The molecule has 0 aliphatic heterocycles. The van der Waals surface area contributed by atoms with Crippen LogP contribution >= 0.6 is 11.3 Å². The first-order chi connectivity index (χ1) is 8.02. The normalized spacial score (nSPS) is 11.8. The van der Waals surface area contributed by atoms with Crippen molar-refractivity contribution in [2.45, 2.75) is 12.7 Å². The minimum atomic E-state index is -4.37. The Labute approximate surface area is 99.9 Å². The highest BCUT2D eigenvalue weighted by Gasteiger charge is 2.33. The van der Waals surface area contributed by atoms with Crippen molar-refractivity contribution in [2.24, 2.45) is 5.73 Å². The van der Waals surface area contributed by atoms with E-state index in [1.807, 2.05) is 0 Å². The molecule has 0 aliphatic carbocycles. The molecule has 17 heavy (non-hydrogen) atoms. The van der Waals surface area contributed by atoms with E-state index in [9.17, 15) is 13.2 Å². The van der Waals surface area contributed by atoms with E-state index in [4.69, 9.17) is 5.73 Å². The molecule has 0 amide bonds. The predicted octanol–water partition coefficient (Wildman–Crippen LogP) is 3.29. The highest BCUT2D eigenvalue weighted by molar-refractivity contribution is 7.09. The van der Waals surface area contributed by atoms with E-state index in [-0.39, 0.29) is 12.1 Å². The monoisotopic (exact) mass is 258 g/mol. The molecule has 6 heteroatoms. The average Bonchev–Trinajstić information content (AvgIpc) is 2.76. The fourth-order valence-corrected chi connectivity index (χ4v) is 2.16. The van der Waals surface area contributed by atoms with Crippen molar-refractivity contribution in [3.8, 4) is 11.3 Å². The van der Waals surface area contributed by atoms with Crippen LogP contribution in [0.3, 0.4) is 0 Å². The SMILES string of the molecule is NCc1nc(-c2ccccc2C(F)(F)F)cs1. The van der Waals surface area contributed by atoms with Crippen LogP contribution in [-0.4, -0.2) is 4.98 Å². The summed E-state index contributed by atoms with van der Waals surface area (Å²) in [5.41, 5.74) is 5.13. The summed E-state index contributed by atoms with van der Waals surface area (Å²) < 4.78 is 38.3. The third-order valence-electron chi connectivity index (χ3n) is 2.23. The zero-order chi connectivity index (χ0) is 12.5. The Kier molecular flexibility index (Phi) is 3.17. The van der Waals surface area contributed by atoms with Gasteiger partial charge in [0, 0.05) is 17.5 Å². The molecule has 1 aromatic heterocycles. The second-order valence-electron chi connectivity index (χ2n) is 3.37. The molecule has 0 atom stereocenters. The Hall–Kier alpha value is -1.40. The molecule has 2 nitrogen and oxygen atoms in total. The van der Waals surface area contributed by atoms with E-state index in [1.165, 1.54) is 23.5 Å². The van der Waals surface area contributed by atoms with Gasteiger partial charge < -0.3 is 5.73 Å². The Bertz CT molecular complexity index is 519. The van der Waals surface area contributed by atoms with Crippen LogP contribution in [0, 0.1) is 0 Å². The topological polar surface area (TPSA) is 38.9 Å². The zero-order valence-electron chi connectivity index (χ0n) is 8.66. The first-order valence-corrected chi connectivity index (χ1v) is 5.71. The van der Waals surface area contributed by atoms with Crippen LogP contribution in [0.1, 0.15) is 10.6 Å². The quantitative estimate of drug-likeness (QED) is 0.897. The number of halogens is 3. The summed E-state index contributed by atoms with van der Waals surface area (Å²) in [5.74, 6) is 0. The predicted molar refractivity (Wildman–Crippen MR) is 60.4 cm³/mol. The Balaban J connectivity index is 2.52. The van der Waals surface area contributed by atoms with Crippen molar-refractivity contribution < 1.29 is 13.2 Å². The second kappa shape index (κ2) is 4.46. The van der Waals surface area contributed by atoms with Crippen LogP contribution in [0.15, 0.2) is 29.6 Å². The molecule has 90 valence electrons. The highest BCUT2D eigenvalue weighted by Crippen LogP contribution is 2.36. The molecule has 2 rings (SSSR count). The molecule has 0 spiro atoms. The second-order valence-corrected chi connectivity index (χ2v) is 4.32. The molecule has 0 saturated heterocycles. The lowest BCUT2D eigenvalue weighted by Crippen LogP contribution is -2.07. The van der Waals surface area contributed by atoms with Gasteiger partial charge in [0.1, 0.15) is 5.01 Å². The summed E-state index contributed by atoms with van der Waals surface area (Å²) in [6, 6.07) is 5.39. The Morgan fingerprint density at radius 3 is 2.53 bits per heavy atom. The van der Waals surface area contributed by atoms with Gasteiger partial charge in [-0.1, -0.05) is 18.2 Å². The number of rotatable bonds is 2. The third kappa shape index (κ3) is 2.48. The lowest BCUT2D eigenvalue weighted by molar-refractivity contribution is -0.137. The lowest BCUT2D eigenvalue weighted by atomic mass is 10.1. The maximum Gasteiger partial charge on any atom is 0.417 e. The number of alkyl halides is 3. The van der Waals surface area contributed by atoms with Gasteiger partial charge in [0.2, 0.25) is 0 Å². The Morgan fingerprint density at radius 1 is 1.24 bits per heavy atom. The van der Waals surface area contributed by atoms with E-state index in [1.54, 1.807) is 11.4 Å². The summed E-state index contributed by atoms with van der Waals surface area (Å²) in [7, 11) is 0. The number of nitrogens with two attached hydrogens (primary N) is 1. The summed E-state index contributed by atoms with van der Waals surface area (Å²) in [4.78, 5) is 4.07. The van der Waals surface area contributed by atoms with Crippen LogP contribution < -0.4 is 5.73 Å². The number of hydrogen-bond donors (Lipinski definition) is 1. The number of benzene rings is 1. The van der Waals surface area contributed by atoms with Gasteiger partial charge >= 0.3 is 6.18 Å². The van der Waals surface area contributed by atoms with Crippen molar-refractivity contribution in [3.63, 3.8) is 0 Å². The van der Waals surface area contributed by atoms with Crippen LogP contribution in [0.4, 0.5) is 13.2 Å². The number of aromatic nitrogens is 1. The first kappa shape index (κ1) is 12.1. The molecular formula is C11H9F3N2S. The lowest BCUT2D eigenvalue weighted by Gasteiger charge is -2.10. The molecule has 0 fully saturated rings. The molecule has 0 bridgehead atoms. The minimum Gasteiger partial charge on any atom is -0.325 e. The third-order valence-corrected chi connectivity index (χ3v) is 3.11. The van der Waals surface area contributed by atoms with Crippen LogP contribution in [-0.2, 0) is 12.7 Å². The number of hydrogen-bond acceptors (Lipinski definition) is 3. The van der Waals surface area contributed by atoms with Crippen molar-refractivity contribution in [2.75, 3.05) is 0 Å². The molecule has 0 unspecified atom stereocenters. The highest BCUT2D eigenvalue weighted by atomic mass is 32.1. The van der Waals surface area contributed by atoms with Gasteiger partial charge in [0.15, 0.2) is 0 Å². The van der Waals surface area contributed by atoms with Crippen molar-refractivity contribution in [1.82, 2.24) is 4.98 Å². The van der Waals surface area contributed by atoms with Gasteiger partial charge in [-0.3, -0.25) is 0 Å². The average molecular weight is 258 g/mol. The molecule has 2 aromatic rings. The zero-order valence-corrected chi connectivity index (χ0v) is 9.48. The first-order valence-electron chi connectivity index (χ1n) is 4.83. The fourth-order valence-electron chi connectivity index (χ4n) is 1.48. The summed E-state index contributed by atoms with van der Waals surface area (Å²) in [5, 5.41) is 2.21. The van der Waals surface area contributed by atoms with Crippen molar-refractivity contribution in [3.05, 3.63) is 40.2 Å². The van der Waals surface area contributed by atoms with Crippen LogP contribution in [0.2, 0.25) is 0 Å². The largest absolute Gasteiger partial charge is 0.417 e. The van der Waals surface area contributed by atoms with Gasteiger partial charge in [0.25, 0.3) is 0 Å². The standard InChI is InChI=1S/C11H9F3N2S/c12-11(13,14)8-4-2-1-3-7(8)9-6-17-10(5-15)16-9/h1-4,6H,5,15H2. The molecule has 2 N–H and O–H groups in total. The van der Waals surface area contributed by atoms with E-state index >= 15 is 0 Å². The number of nitrogens with zero attached hydrogens (tertiary/aromatic N) is 1. The minimum absolute atomic E-state index is 0.0935. The van der Waals surface area contributed by atoms with Crippen molar-refractivity contribution in [1.29, 1.82) is 0 Å². The van der Waals surface area contributed by atoms with E-state index in [0.717, 1.165) is 6.07 Å². The maximum atomic E-state index is 12.8. The van der Waals surface area contributed by atoms with E-state index in [2.05, 4.69) is 4.98 Å². The summed E-state index contributed by atoms with van der Waals surface area (Å²) >= 11 is 1.26. The molecular weight excluding hydrogens is 249 g/mol. The Morgan fingerprint density at radius 2 is 1.94 bits per heavy atom. The maximum absolute atomic E-state index is 12.8. The summed E-state index contributed by atoms with van der Waals surface area (Å²) in [6.45, 7) is 0.235. The van der Waals surface area contributed by atoms with Gasteiger partial charge in [0.05, 0.1) is 11.3 Å². The van der Waals surface area contributed by atoms with E-state index < -0.39 is 11.7 Å². The molecule has 0 saturated carbocycles. The van der Waals surface area contributed by atoms with Gasteiger partial charge in [-0.15, -0.1) is 11.3 Å².